The summed E-state index contributed by atoms with van der Waals surface area (Å²) in [6.07, 6.45) is 2.49. The Hall–Kier alpha value is -1.78. The summed E-state index contributed by atoms with van der Waals surface area (Å²) in [5.41, 5.74) is 1.96. The number of rotatable bonds is 5. The lowest BCUT2D eigenvalue weighted by Gasteiger charge is -2.08. The summed E-state index contributed by atoms with van der Waals surface area (Å²) < 4.78 is 0. The first-order valence-corrected chi connectivity index (χ1v) is 7.32. The van der Waals surface area contributed by atoms with Crippen LogP contribution in [-0.4, -0.2) is 17.4 Å². The molecule has 2 N–H and O–H groups in total. The van der Waals surface area contributed by atoms with Crippen molar-refractivity contribution in [3.63, 3.8) is 0 Å². The number of halogens is 2. The fourth-order valence-electron chi connectivity index (χ4n) is 1.67. The minimum atomic E-state index is -0.169. The van der Waals surface area contributed by atoms with Gasteiger partial charge in [-0.3, -0.25) is 4.79 Å². The number of pyridine rings is 1. The van der Waals surface area contributed by atoms with E-state index in [1.807, 2.05) is 13.0 Å². The molecule has 0 aliphatic heterocycles. The van der Waals surface area contributed by atoms with E-state index in [-0.39, 0.29) is 5.91 Å². The first kappa shape index (κ1) is 15.6. The van der Waals surface area contributed by atoms with Crippen LogP contribution < -0.4 is 10.6 Å². The Morgan fingerprint density at radius 3 is 2.52 bits per heavy atom. The second-order valence-electron chi connectivity index (χ2n) is 4.44. The van der Waals surface area contributed by atoms with Crippen molar-refractivity contribution in [1.29, 1.82) is 0 Å². The molecule has 0 aliphatic rings. The SMILES string of the molecule is CCCNC(=O)c1ccc(Nc2ccc(Cl)c(Cl)c2)cn1. The maximum absolute atomic E-state index is 11.7. The van der Waals surface area contributed by atoms with Crippen molar-refractivity contribution in [2.75, 3.05) is 11.9 Å². The highest BCUT2D eigenvalue weighted by molar-refractivity contribution is 6.42. The summed E-state index contributed by atoms with van der Waals surface area (Å²) in [5.74, 6) is -0.169. The van der Waals surface area contributed by atoms with Gasteiger partial charge >= 0.3 is 0 Å². The molecule has 6 heteroatoms. The molecule has 21 heavy (non-hydrogen) atoms. The molecule has 0 saturated heterocycles. The molecule has 0 aliphatic carbocycles. The van der Waals surface area contributed by atoms with Gasteiger partial charge in [0.25, 0.3) is 5.91 Å². The van der Waals surface area contributed by atoms with Crippen molar-refractivity contribution in [1.82, 2.24) is 10.3 Å². The average Bonchev–Trinajstić information content (AvgIpc) is 2.49. The summed E-state index contributed by atoms with van der Waals surface area (Å²) >= 11 is 11.8. The van der Waals surface area contributed by atoms with E-state index >= 15 is 0 Å². The Morgan fingerprint density at radius 1 is 1.14 bits per heavy atom. The van der Waals surface area contributed by atoms with E-state index in [0.29, 0.717) is 22.3 Å². The van der Waals surface area contributed by atoms with Crippen LogP contribution >= 0.6 is 23.2 Å². The molecule has 1 heterocycles. The first-order valence-electron chi connectivity index (χ1n) is 6.56. The van der Waals surface area contributed by atoms with Gasteiger partial charge in [0, 0.05) is 12.2 Å². The second-order valence-corrected chi connectivity index (χ2v) is 5.26. The van der Waals surface area contributed by atoms with Crippen molar-refractivity contribution < 1.29 is 4.79 Å². The minimum Gasteiger partial charge on any atom is -0.354 e. The van der Waals surface area contributed by atoms with Crippen molar-refractivity contribution >= 4 is 40.5 Å². The number of benzene rings is 1. The number of hydrogen-bond acceptors (Lipinski definition) is 3. The molecular formula is C15H15Cl2N3O. The number of carbonyl (C=O) groups excluding carboxylic acids is 1. The molecular weight excluding hydrogens is 309 g/mol. The fourth-order valence-corrected chi connectivity index (χ4v) is 1.97. The molecule has 2 aromatic rings. The van der Waals surface area contributed by atoms with Crippen LogP contribution in [0.5, 0.6) is 0 Å². The van der Waals surface area contributed by atoms with E-state index < -0.39 is 0 Å². The molecule has 110 valence electrons. The summed E-state index contributed by atoms with van der Waals surface area (Å²) in [6, 6.07) is 8.72. The fraction of sp³-hybridized carbons (Fsp3) is 0.200. The molecule has 0 bridgehead atoms. The van der Waals surface area contributed by atoms with Crippen LogP contribution in [0.1, 0.15) is 23.8 Å². The van der Waals surface area contributed by atoms with Crippen LogP contribution in [0.2, 0.25) is 10.0 Å². The lowest BCUT2D eigenvalue weighted by Crippen LogP contribution is -2.24. The van der Waals surface area contributed by atoms with Gasteiger partial charge in [0.05, 0.1) is 21.9 Å². The second kappa shape index (κ2) is 7.29. The van der Waals surface area contributed by atoms with Gasteiger partial charge in [-0.2, -0.15) is 0 Å². The monoisotopic (exact) mass is 323 g/mol. The van der Waals surface area contributed by atoms with E-state index in [1.54, 1.807) is 30.5 Å². The van der Waals surface area contributed by atoms with E-state index in [9.17, 15) is 4.79 Å². The van der Waals surface area contributed by atoms with Gasteiger partial charge in [-0.25, -0.2) is 4.98 Å². The van der Waals surface area contributed by atoms with E-state index in [2.05, 4.69) is 15.6 Å². The summed E-state index contributed by atoms with van der Waals surface area (Å²) in [4.78, 5) is 15.9. The third-order valence-corrected chi connectivity index (χ3v) is 3.48. The summed E-state index contributed by atoms with van der Waals surface area (Å²) in [5, 5.41) is 6.90. The lowest BCUT2D eigenvalue weighted by atomic mass is 10.3. The predicted molar refractivity (Wildman–Crippen MR) is 86.6 cm³/mol. The zero-order valence-electron chi connectivity index (χ0n) is 11.5. The third kappa shape index (κ3) is 4.34. The largest absolute Gasteiger partial charge is 0.354 e. The van der Waals surface area contributed by atoms with Gasteiger partial charge in [-0.05, 0) is 36.8 Å². The zero-order chi connectivity index (χ0) is 15.2. The first-order chi connectivity index (χ1) is 10.1. The lowest BCUT2D eigenvalue weighted by molar-refractivity contribution is 0.0949. The van der Waals surface area contributed by atoms with Crippen LogP contribution in [-0.2, 0) is 0 Å². The number of hydrogen-bond donors (Lipinski definition) is 2. The molecule has 1 aromatic carbocycles. The van der Waals surface area contributed by atoms with Gasteiger partial charge in [-0.1, -0.05) is 30.1 Å². The van der Waals surface area contributed by atoms with Gasteiger partial charge in [0.15, 0.2) is 0 Å². The highest BCUT2D eigenvalue weighted by Crippen LogP contribution is 2.26. The van der Waals surface area contributed by atoms with Crippen LogP contribution in [0, 0.1) is 0 Å². The van der Waals surface area contributed by atoms with E-state index in [4.69, 9.17) is 23.2 Å². The molecule has 4 nitrogen and oxygen atoms in total. The number of nitrogens with one attached hydrogen (secondary N) is 2. The number of nitrogens with zero attached hydrogens (tertiary/aromatic N) is 1. The Kier molecular flexibility index (Phi) is 5.42. The quantitative estimate of drug-likeness (QED) is 0.863. The molecule has 0 atom stereocenters. The van der Waals surface area contributed by atoms with Crippen LogP contribution in [0.25, 0.3) is 0 Å². The van der Waals surface area contributed by atoms with Gasteiger partial charge in [0.1, 0.15) is 5.69 Å². The van der Waals surface area contributed by atoms with Crippen molar-refractivity contribution in [2.24, 2.45) is 0 Å². The molecule has 0 fully saturated rings. The Bertz CT molecular complexity index is 629. The molecule has 2 rings (SSSR count). The molecule has 0 radical (unpaired) electrons. The third-order valence-electron chi connectivity index (χ3n) is 2.74. The summed E-state index contributed by atoms with van der Waals surface area (Å²) in [7, 11) is 0. The van der Waals surface area contributed by atoms with Crippen molar-refractivity contribution in [3.8, 4) is 0 Å². The molecule has 1 amide bonds. The number of aromatic nitrogens is 1. The number of amides is 1. The van der Waals surface area contributed by atoms with Crippen molar-refractivity contribution in [3.05, 3.63) is 52.3 Å². The maximum Gasteiger partial charge on any atom is 0.269 e. The number of anilines is 2. The molecule has 1 aromatic heterocycles. The van der Waals surface area contributed by atoms with Crippen molar-refractivity contribution in [2.45, 2.75) is 13.3 Å². The van der Waals surface area contributed by atoms with Gasteiger partial charge in [0.2, 0.25) is 0 Å². The standard InChI is InChI=1S/C15H15Cl2N3O/c1-2-7-18-15(21)14-6-4-11(9-19-14)20-10-3-5-12(16)13(17)8-10/h3-6,8-9,20H,2,7H2,1H3,(H,18,21). The van der Waals surface area contributed by atoms with Crippen LogP contribution in [0.3, 0.4) is 0 Å². The van der Waals surface area contributed by atoms with Crippen LogP contribution in [0.15, 0.2) is 36.5 Å². The van der Waals surface area contributed by atoms with E-state index in [0.717, 1.165) is 17.8 Å². The Morgan fingerprint density at radius 2 is 1.90 bits per heavy atom. The average molecular weight is 324 g/mol. The highest BCUT2D eigenvalue weighted by atomic mass is 35.5. The molecule has 0 unspecified atom stereocenters. The minimum absolute atomic E-state index is 0.169. The van der Waals surface area contributed by atoms with E-state index in [1.165, 1.54) is 0 Å². The van der Waals surface area contributed by atoms with Gasteiger partial charge < -0.3 is 10.6 Å². The van der Waals surface area contributed by atoms with Crippen LogP contribution in [0.4, 0.5) is 11.4 Å². The summed E-state index contributed by atoms with van der Waals surface area (Å²) in [6.45, 7) is 2.64. The smallest absolute Gasteiger partial charge is 0.269 e. The topological polar surface area (TPSA) is 54.0 Å². The Balaban J connectivity index is 2.05. The Labute approximate surface area is 133 Å². The number of carbonyl (C=O) groups is 1. The molecule has 0 saturated carbocycles. The highest BCUT2D eigenvalue weighted by Gasteiger charge is 2.06. The normalized spacial score (nSPS) is 10.2. The molecule has 0 spiro atoms. The maximum atomic E-state index is 11.7. The predicted octanol–water partition coefficient (Wildman–Crippen LogP) is 4.27. The van der Waals surface area contributed by atoms with Gasteiger partial charge in [-0.15, -0.1) is 0 Å². The zero-order valence-corrected chi connectivity index (χ0v) is 13.0.